The molecular weight excluding hydrogens is 322 g/mol. The van der Waals surface area contributed by atoms with Crippen molar-refractivity contribution in [1.82, 2.24) is 5.32 Å². The van der Waals surface area contributed by atoms with E-state index in [0.29, 0.717) is 19.6 Å². The number of carbonyl (C=O) groups excluding carboxylic acids is 1. The Balaban J connectivity index is 1.40. The number of amides is 1. The highest BCUT2D eigenvalue weighted by Gasteiger charge is 2.04. The molecule has 3 aromatic carbocycles. The van der Waals surface area contributed by atoms with Crippen molar-refractivity contribution < 1.29 is 9.53 Å². The van der Waals surface area contributed by atoms with Crippen LogP contribution < -0.4 is 10.1 Å². The lowest BCUT2D eigenvalue weighted by Crippen LogP contribution is -2.28. The maximum absolute atomic E-state index is 12.0. The van der Waals surface area contributed by atoms with Crippen LogP contribution in [0.4, 0.5) is 0 Å². The van der Waals surface area contributed by atoms with Crippen LogP contribution in [0.1, 0.15) is 24.5 Å². The summed E-state index contributed by atoms with van der Waals surface area (Å²) in [5.74, 6) is 0.916. The third-order valence-corrected chi connectivity index (χ3v) is 4.50. The molecule has 0 atom stereocenters. The zero-order valence-electron chi connectivity index (χ0n) is 15.2. The first-order chi connectivity index (χ1) is 12.8. The highest BCUT2D eigenvalue weighted by atomic mass is 16.5. The van der Waals surface area contributed by atoms with Crippen LogP contribution in [-0.4, -0.2) is 19.1 Å². The van der Waals surface area contributed by atoms with Gasteiger partial charge in [-0.1, -0.05) is 67.6 Å². The second-order valence-electron chi connectivity index (χ2n) is 6.35. The number of rotatable bonds is 8. The Morgan fingerprint density at radius 1 is 0.923 bits per heavy atom. The lowest BCUT2D eigenvalue weighted by molar-refractivity contribution is -0.121. The van der Waals surface area contributed by atoms with E-state index in [9.17, 15) is 4.79 Å². The molecule has 1 N–H and O–H groups in total. The molecule has 0 saturated heterocycles. The van der Waals surface area contributed by atoms with E-state index in [1.165, 1.54) is 11.1 Å². The first kappa shape index (κ1) is 18.0. The van der Waals surface area contributed by atoms with Gasteiger partial charge in [-0.3, -0.25) is 4.79 Å². The number of aryl methyl sites for hydroxylation is 2. The molecule has 0 spiro atoms. The van der Waals surface area contributed by atoms with Gasteiger partial charge in [-0.15, -0.1) is 0 Å². The number of nitrogens with one attached hydrogen (secondary N) is 1. The molecule has 0 aliphatic heterocycles. The summed E-state index contributed by atoms with van der Waals surface area (Å²) in [5.41, 5.74) is 2.52. The molecule has 0 unspecified atom stereocenters. The van der Waals surface area contributed by atoms with Gasteiger partial charge in [-0.2, -0.15) is 0 Å². The Morgan fingerprint density at radius 3 is 2.46 bits per heavy atom. The van der Waals surface area contributed by atoms with Gasteiger partial charge in [0.15, 0.2) is 0 Å². The molecular formula is C23H25NO2. The summed E-state index contributed by atoms with van der Waals surface area (Å²) in [5, 5.41) is 5.18. The fourth-order valence-electron chi connectivity index (χ4n) is 2.96. The highest BCUT2D eigenvalue weighted by Crippen LogP contribution is 2.24. The third kappa shape index (κ3) is 4.85. The fraction of sp³-hybridized carbons (Fsp3) is 0.261. The number of ether oxygens (including phenoxy) is 1. The van der Waals surface area contributed by atoms with E-state index in [-0.39, 0.29) is 5.91 Å². The second kappa shape index (κ2) is 9.04. The minimum Gasteiger partial charge on any atom is -0.491 e. The van der Waals surface area contributed by atoms with Gasteiger partial charge >= 0.3 is 0 Å². The molecule has 3 aromatic rings. The van der Waals surface area contributed by atoms with E-state index < -0.39 is 0 Å². The van der Waals surface area contributed by atoms with E-state index in [4.69, 9.17) is 4.74 Å². The number of hydrogen-bond acceptors (Lipinski definition) is 2. The van der Waals surface area contributed by atoms with Crippen molar-refractivity contribution in [3.63, 3.8) is 0 Å². The van der Waals surface area contributed by atoms with E-state index >= 15 is 0 Å². The topological polar surface area (TPSA) is 38.3 Å². The zero-order chi connectivity index (χ0) is 18.2. The molecule has 0 aromatic heterocycles. The largest absolute Gasteiger partial charge is 0.491 e. The van der Waals surface area contributed by atoms with Crippen LogP contribution >= 0.6 is 0 Å². The number of benzene rings is 3. The van der Waals surface area contributed by atoms with Crippen LogP contribution in [0.25, 0.3) is 10.8 Å². The first-order valence-electron chi connectivity index (χ1n) is 9.21. The second-order valence-corrected chi connectivity index (χ2v) is 6.35. The monoisotopic (exact) mass is 347 g/mol. The predicted octanol–water partition coefficient (Wildman–Crippen LogP) is 4.53. The molecule has 0 bridgehead atoms. The molecule has 134 valence electrons. The Hall–Kier alpha value is -2.81. The van der Waals surface area contributed by atoms with Gasteiger partial charge in [0.1, 0.15) is 12.4 Å². The van der Waals surface area contributed by atoms with Crippen LogP contribution in [0.5, 0.6) is 5.75 Å². The van der Waals surface area contributed by atoms with Gasteiger partial charge < -0.3 is 10.1 Å². The van der Waals surface area contributed by atoms with Crippen molar-refractivity contribution in [2.75, 3.05) is 13.2 Å². The van der Waals surface area contributed by atoms with Crippen molar-refractivity contribution in [2.24, 2.45) is 0 Å². The third-order valence-electron chi connectivity index (χ3n) is 4.50. The summed E-state index contributed by atoms with van der Waals surface area (Å²) in [6.07, 6.45) is 2.30. The van der Waals surface area contributed by atoms with Crippen LogP contribution in [0.2, 0.25) is 0 Å². The summed E-state index contributed by atoms with van der Waals surface area (Å²) in [7, 11) is 0. The maximum atomic E-state index is 12.0. The summed E-state index contributed by atoms with van der Waals surface area (Å²) >= 11 is 0. The van der Waals surface area contributed by atoms with Crippen LogP contribution in [0.15, 0.2) is 66.7 Å². The predicted molar refractivity (Wildman–Crippen MR) is 107 cm³/mol. The lowest BCUT2D eigenvalue weighted by atomic mass is 10.1. The fourth-order valence-corrected chi connectivity index (χ4v) is 2.96. The Morgan fingerprint density at radius 2 is 1.65 bits per heavy atom. The molecule has 0 aliphatic rings. The van der Waals surface area contributed by atoms with E-state index in [1.807, 2.05) is 30.3 Å². The smallest absolute Gasteiger partial charge is 0.220 e. The van der Waals surface area contributed by atoms with E-state index in [2.05, 4.69) is 48.6 Å². The number of carbonyl (C=O) groups is 1. The Kier molecular flexibility index (Phi) is 6.26. The average Bonchev–Trinajstić information content (AvgIpc) is 2.70. The minimum absolute atomic E-state index is 0.0612. The molecule has 3 heteroatoms. The van der Waals surface area contributed by atoms with Crippen molar-refractivity contribution in [1.29, 1.82) is 0 Å². The quantitative estimate of drug-likeness (QED) is 0.608. The Bertz CT molecular complexity index is 850. The van der Waals surface area contributed by atoms with E-state index in [1.54, 1.807) is 0 Å². The van der Waals surface area contributed by atoms with Crippen molar-refractivity contribution in [3.8, 4) is 5.75 Å². The molecule has 0 saturated carbocycles. The van der Waals surface area contributed by atoms with Gasteiger partial charge in [0.2, 0.25) is 5.91 Å². The van der Waals surface area contributed by atoms with Gasteiger partial charge in [-0.05, 0) is 35.4 Å². The SMILES string of the molecule is CCc1ccc(CCC(=O)NCCOc2cccc3ccccc23)cc1. The Labute approximate surface area is 155 Å². The molecule has 0 radical (unpaired) electrons. The molecule has 0 aliphatic carbocycles. The number of hydrogen-bond donors (Lipinski definition) is 1. The van der Waals surface area contributed by atoms with Crippen molar-refractivity contribution >= 4 is 16.7 Å². The molecule has 1 amide bonds. The van der Waals surface area contributed by atoms with Gasteiger partial charge in [-0.25, -0.2) is 0 Å². The minimum atomic E-state index is 0.0612. The summed E-state index contributed by atoms with van der Waals surface area (Å²) in [6, 6.07) is 22.6. The number of fused-ring (bicyclic) bond motifs is 1. The average molecular weight is 347 g/mol. The molecule has 0 heterocycles. The summed E-state index contributed by atoms with van der Waals surface area (Å²) < 4.78 is 5.84. The van der Waals surface area contributed by atoms with Crippen LogP contribution in [-0.2, 0) is 17.6 Å². The standard InChI is InChI=1S/C23H25NO2/c1-2-18-10-12-19(13-11-18)14-15-23(25)24-16-17-26-22-9-5-7-20-6-3-4-8-21(20)22/h3-13H,2,14-17H2,1H3,(H,24,25). The molecule has 26 heavy (non-hydrogen) atoms. The van der Waals surface area contributed by atoms with Crippen LogP contribution in [0.3, 0.4) is 0 Å². The zero-order valence-corrected chi connectivity index (χ0v) is 15.2. The maximum Gasteiger partial charge on any atom is 0.220 e. The molecule has 3 rings (SSSR count). The summed E-state index contributed by atoms with van der Waals surface area (Å²) in [4.78, 5) is 12.0. The van der Waals surface area contributed by atoms with Crippen molar-refractivity contribution in [2.45, 2.75) is 26.2 Å². The lowest BCUT2D eigenvalue weighted by Gasteiger charge is -2.10. The molecule has 0 fully saturated rings. The van der Waals surface area contributed by atoms with Gasteiger partial charge in [0.25, 0.3) is 0 Å². The first-order valence-corrected chi connectivity index (χ1v) is 9.21. The highest BCUT2D eigenvalue weighted by molar-refractivity contribution is 5.88. The van der Waals surface area contributed by atoms with E-state index in [0.717, 1.165) is 29.4 Å². The normalized spacial score (nSPS) is 10.7. The van der Waals surface area contributed by atoms with Crippen molar-refractivity contribution in [3.05, 3.63) is 77.9 Å². The molecule has 3 nitrogen and oxygen atoms in total. The van der Waals surface area contributed by atoms with Gasteiger partial charge in [0.05, 0.1) is 6.54 Å². The van der Waals surface area contributed by atoms with Crippen LogP contribution in [0, 0.1) is 0 Å². The van der Waals surface area contributed by atoms with Gasteiger partial charge in [0, 0.05) is 11.8 Å². The summed E-state index contributed by atoms with van der Waals surface area (Å²) in [6.45, 7) is 3.12.